The zero-order valence-electron chi connectivity index (χ0n) is 11.2. The first-order valence-electron chi connectivity index (χ1n) is 6.89. The zero-order chi connectivity index (χ0) is 13.7. The van der Waals surface area contributed by atoms with Gasteiger partial charge in [0.15, 0.2) is 17.9 Å². The van der Waals surface area contributed by atoms with Crippen LogP contribution in [0.3, 0.4) is 0 Å². The van der Waals surface area contributed by atoms with Crippen molar-refractivity contribution in [1.29, 1.82) is 0 Å². The molecule has 0 atom stereocenters. The van der Waals surface area contributed by atoms with Gasteiger partial charge in [-0.15, -0.1) is 0 Å². The fourth-order valence-electron chi connectivity index (χ4n) is 2.24. The van der Waals surface area contributed by atoms with Crippen LogP contribution >= 0.6 is 0 Å². The van der Waals surface area contributed by atoms with Gasteiger partial charge in [-0.2, -0.15) is 0 Å². The van der Waals surface area contributed by atoms with Gasteiger partial charge in [-0.3, -0.25) is 0 Å². The molecule has 1 aromatic carbocycles. The lowest BCUT2D eigenvalue weighted by Crippen LogP contribution is -2.27. The highest BCUT2D eigenvalue weighted by atomic mass is 19.2. The molecule has 1 fully saturated rings. The van der Waals surface area contributed by atoms with E-state index in [1.54, 1.807) is 0 Å². The molecular formula is C15H20F2O2. The molecule has 1 aliphatic rings. The van der Waals surface area contributed by atoms with Crippen molar-refractivity contribution in [1.82, 2.24) is 0 Å². The first-order valence-corrected chi connectivity index (χ1v) is 6.89. The Morgan fingerprint density at radius 2 is 1.84 bits per heavy atom. The highest BCUT2D eigenvalue weighted by molar-refractivity contribution is 5.19. The molecule has 0 N–H and O–H groups in total. The van der Waals surface area contributed by atoms with Gasteiger partial charge in [0.1, 0.15) is 0 Å². The lowest BCUT2D eigenvalue weighted by atomic mass is 10.0. The van der Waals surface area contributed by atoms with Crippen LogP contribution in [0.4, 0.5) is 8.78 Å². The van der Waals surface area contributed by atoms with E-state index in [0.29, 0.717) is 24.7 Å². The summed E-state index contributed by atoms with van der Waals surface area (Å²) in [6.07, 6.45) is 4.13. The minimum Gasteiger partial charge on any atom is -0.348 e. The minimum atomic E-state index is -0.866. The van der Waals surface area contributed by atoms with Crippen LogP contribution in [0.15, 0.2) is 18.2 Å². The van der Waals surface area contributed by atoms with E-state index in [1.807, 2.05) is 0 Å². The Labute approximate surface area is 112 Å². The largest absolute Gasteiger partial charge is 0.348 e. The molecule has 1 heterocycles. The van der Waals surface area contributed by atoms with Gasteiger partial charge in [0.25, 0.3) is 0 Å². The summed E-state index contributed by atoms with van der Waals surface area (Å²) in [5, 5.41) is 0. The van der Waals surface area contributed by atoms with Gasteiger partial charge in [-0.1, -0.05) is 32.3 Å². The van der Waals surface area contributed by atoms with Crippen LogP contribution in [-0.2, 0) is 9.47 Å². The summed E-state index contributed by atoms with van der Waals surface area (Å²) >= 11 is 0. The second-order valence-corrected chi connectivity index (χ2v) is 5.03. The van der Waals surface area contributed by atoms with E-state index in [4.69, 9.17) is 9.47 Å². The predicted octanol–water partition coefficient (Wildman–Crippen LogP) is 4.21. The number of hydrogen-bond acceptors (Lipinski definition) is 2. The quantitative estimate of drug-likeness (QED) is 0.746. The highest BCUT2D eigenvalue weighted by Gasteiger charge is 2.23. The van der Waals surface area contributed by atoms with Gasteiger partial charge in [-0.05, 0) is 18.6 Å². The average molecular weight is 270 g/mol. The molecule has 0 aromatic heterocycles. The number of benzene rings is 1. The molecule has 2 rings (SSSR count). The number of unbranched alkanes of at least 4 members (excludes halogenated alkanes) is 2. The molecule has 19 heavy (non-hydrogen) atoms. The average Bonchev–Trinajstić information content (AvgIpc) is 2.43. The van der Waals surface area contributed by atoms with Crippen LogP contribution < -0.4 is 0 Å². The van der Waals surface area contributed by atoms with Crippen molar-refractivity contribution in [2.24, 2.45) is 5.92 Å². The minimum absolute atomic E-state index is 0.410. The van der Waals surface area contributed by atoms with E-state index >= 15 is 0 Å². The normalized spacial score (nSPS) is 23.5. The van der Waals surface area contributed by atoms with Gasteiger partial charge < -0.3 is 9.47 Å². The Hall–Kier alpha value is -1.00. The number of hydrogen-bond donors (Lipinski definition) is 0. The summed E-state index contributed by atoms with van der Waals surface area (Å²) in [6.45, 7) is 3.41. The molecule has 4 heteroatoms. The van der Waals surface area contributed by atoms with Crippen LogP contribution in [0, 0.1) is 17.6 Å². The monoisotopic (exact) mass is 270 g/mol. The summed E-state index contributed by atoms with van der Waals surface area (Å²) in [5.74, 6) is -1.31. The zero-order valence-corrected chi connectivity index (χ0v) is 11.2. The second kappa shape index (κ2) is 6.96. The molecule has 2 nitrogen and oxygen atoms in total. The van der Waals surface area contributed by atoms with E-state index in [1.165, 1.54) is 25.3 Å². The van der Waals surface area contributed by atoms with Crippen LogP contribution in [0.25, 0.3) is 0 Å². The first kappa shape index (κ1) is 14.4. The van der Waals surface area contributed by atoms with E-state index in [9.17, 15) is 8.78 Å². The summed E-state index contributed by atoms with van der Waals surface area (Å²) in [6, 6.07) is 3.74. The third kappa shape index (κ3) is 3.98. The third-order valence-electron chi connectivity index (χ3n) is 3.40. The van der Waals surface area contributed by atoms with Crippen LogP contribution in [0.5, 0.6) is 0 Å². The smallest absolute Gasteiger partial charge is 0.183 e. The maximum atomic E-state index is 13.1. The molecule has 0 aliphatic carbocycles. The van der Waals surface area contributed by atoms with Crippen molar-refractivity contribution in [2.45, 2.75) is 38.9 Å². The number of ether oxygens (including phenoxy) is 2. The molecule has 106 valence electrons. The topological polar surface area (TPSA) is 18.5 Å². The summed E-state index contributed by atoms with van der Waals surface area (Å²) in [4.78, 5) is 0. The highest BCUT2D eigenvalue weighted by Crippen LogP contribution is 2.28. The summed E-state index contributed by atoms with van der Waals surface area (Å²) < 4.78 is 37.2. The Balaban J connectivity index is 1.84. The standard InChI is InChI=1S/C15H20F2O2/c1-2-3-4-5-11-9-18-15(19-10-11)12-6-7-13(16)14(17)8-12/h6-8,11,15H,2-5,9-10H2,1H3/t11-,15+. The third-order valence-corrected chi connectivity index (χ3v) is 3.40. The summed E-state index contributed by atoms with van der Waals surface area (Å²) in [7, 11) is 0. The fourth-order valence-corrected chi connectivity index (χ4v) is 2.24. The van der Waals surface area contributed by atoms with Crippen LogP contribution in [0.2, 0.25) is 0 Å². The molecule has 0 radical (unpaired) electrons. The molecule has 0 unspecified atom stereocenters. The fraction of sp³-hybridized carbons (Fsp3) is 0.600. The Morgan fingerprint density at radius 1 is 1.11 bits per heavy atom. The maximum absolute atomic E-state index is 13.1. The Kier molecular flexibility index (Phi) is 5.28. The first-order chi connectivity index (χ1) is 9.20. The molecular weight excluding hydrogens is 250 g/mol. The van der Waals surface area contributed by atoms with E-state index in [-0.39, 0.29) is 0 Å². The maximum Gasteiger partial charge on any atom is 0.183 e. The van der Waals surface area contributed by atoms with E-state index in [2.05, 4.69) is 6.92 Å². The van der Waals surface area contributed by atoms with Gasteiger partial charge in [0.2, 0.25) is 0 Å². The Morgan fingerprint density at radius 3 is 2.47 bits per heavy atom. The van der Waals surface area contributed by atoms with Crippen molar-refractivity contribution in [3.63, 3.8) is 0 Å². The van der Waals surface area contributed by atoms with E-state index < -0.39 is 17.9 Å². The molecule has 1 saturated heterocycles. The van der Waals surface area contributed by atoms with Gasteiger partial charge in [0.05, 0.1) is 13.2 Å². The van der Waals surface area contributed by atoms with Gasteiger partial charge in [-0.25, -0.2) is 8.78 Å². The predicted molar refractivity (Wildman–Crippen MR) is 68.6 cm³/mol. The molecule has 0 spiro atoms. The SMILES string of the molecule is CCCCC[C@H]1CO[C@@H](c2ccc(F)c(F)c2)OC1. The van der Waals surface area contributed by atoms with Crippen molar-refractivity contribution < 1.29 is 18.3 Å². The van der Waals surface area contributed by atoms with Crippen molar-refractivity contribution in [2.75, 3.05) is 13.2 Å². The van der Waals surface area contributed by atoms with Crippen LogP contribution in [0.1, 0.15) is 44.5 Å². The van der Waals surface area contributed by atoms with Crippen LogP contribution in [-0.4, -0.2) is 13.2 Å². The molecule has 1 aromatic rings. The van der Waals surface area contributed by atoms with Crippen molar-refractivity contribution >= 4 is 0 Å². The summed E-state index contributed by atoms with van der Waals surface area (Å²) in [5.41, 5.74) is 0.533. The number of rotatable bonds is 5. The molecule has 0 saturated carbocycles. The second-order valence-electron chi connectivity index (χ2n) is 5.03. The lowest BCUT2D eigenvalue weighted by Gasteiger charge is -2.29. The molecule has 0 amide bonds. The Bertz CT molecular complexity index is 401. The molecule has 0 bridgehead atoms. The van der Waals surface area contributed by atoms with Gasteiger partial charge in [0, 0.05) is 11.5 Å². The van der Waals surface area contributed by atoms with Gasteiger partial charge >= 0.3 is 0 Å². The molecule has 1 aliphatic heterocycles. The van der Waals surface area contributed by atoms with Crippen molar-refractivity contribution in [3.05, 3.63) is 35.4 Å². The van der Waals surface area contributed by atoms with Crippen molar-refractivity contribution in [3.8, 4) is 0 Å². The van der Waals surface area contributed by atoms with E-state index in [0.717, 1.165) is 18.6 Å². The lowest BCUT2D eigenvalue weighted by molar-refractivity contribution is -0.206. The number of halogens is 2.